The first kappa shape index (κ1) is 11.0. The van der Waals surface area contributed by atoms with E-state index in [1.165, 1.54) is 12.8 Å². The smallest absolute Gasteiger partial charge is 0.157 e. The molecule has 2 nitrogen and oxygen atoms in total. The van der Waals surface area contributed by atoms with Crippen molar-refractivity contribution >= 4 is 0 Å². The summed E-state index contributed by atoms with van der Waals surface area (Å²) in [7, 11) is 0. The van der Waals surface area contributed by atoms with Gasteiger partial charge in [0.2, 0.25) is 0 Å². The fourth-order valence-corrected chi connectivity index (χ4v) is 1.34. The lowest BCUT2D eigenvalue weighted by molar-refractivity contribution is -0.165. The predicted molar refractivity (Wildman–Crippen MR) is 53.6 cm³/mol. The van der Waals surface area contributed by atoms with E-state index in [4.69, 9.17) is 9.47 Å². The first-order chi connectivity index (χ1) is 6.08. The summed E-state index contributed by atoms with van der Waals surface area (Å²) in [6.07, 6.45) is 4.70. The third kappa shape index (κ3) is 5.27. The minimum absolute atomic E-state index is 0.0797. The zero-order valence-corrected chi connectivity index (χ0v) is 9.14. The molecule has 78 valence electrons. The summed E-state index contributed by atoms with van der Waals surface area (Å²) in [6, 6.07) is 0. The third-order valence-electron chi connectivity index (χ3n) is 2.29. The zero-order chi connectivity index (χ0) is 9.73. The Balaban J connectivity index is 2.04. The highest BCUT2D eigenvalue weighted by molar-refractivity contribution is 4.61. The van der Waals surface area contributed by atoms with Gasteiger partial charge in [-0.1, -0.05) is 20.8 Å². The van der Waals surface area contributed by atoms with Gasteiger partial charge in [0, 0.05) is 6.61 Å². The highest BCUT2D eigenvalue weighted by Crippen LogP contribution is 2.20. The predicted octanol–water partition coefficient (Wildman–Crippen LogP) is 2.97. The molecular formula is C11H22O2. The van der Waals surface area contributed by atoms with Gasteiger partial charge in [-0.2, -0.15) is 0 Å². The maximum absolute atomic E-state index is 5.64. The van der Waals surface area contributed by atoms with Gasteiger partial charge in [0.1, 0.15) is 0 Å². The average molecular weight is 186 g/mol. The van der Waals surface area contributed by atoms with Crippen LogP contribution in [-0.4, -0.2) is 19.5 Å². The van der Waals surface area contributed by atoms with Crippen molar-refractivity contribution in [1.82, 2.24) is 0 Å². The first-order valence-corrected chi connectivity index (χ1v) is 5.31. The number of rotatable bonds is 3. The molecular weight excluding hydrogens is 164 g/mol. The quantitative estimate of drug-likeness (QED) is 0.674. The van der Waals surface area contributed by atoms with Gasteiger partial charge >= 0.3 is 0 Å². The molecule has 1 rings (SSSR count). The molecule has 1 unspecified atom stereocenters. The van der Waals surface area contributed by atoms with Crippen LogP contribution < -0.4 is 0 Å². The SMILES string of the molecule is CC(C)(C)CCOC1CCCCO1. The highest BCUT2D eigenvalue weighted by Gasteiger charge is 2.15. The van der Waals surface area contributed by atoms with Crippen LogP contribution in [0, 0.1) is 5.41 Å². The Morgan fingerprint density at radius 3 is 2.62 bits per heavy atom. The molecule has 0 aromatic rings. The Morgan fingerprint density at radius 2 is 2.08 bits per heavy atom. The summed E-state index contributed by atoms with van der Waals surface area (Å²) in [5, 5.41) is 0. The molecule has 13 heavy (non-hydrogen) atoms. The molecule has 0 bridgehead atoms. The summed E-state index contributed by atoms with van der Waals surface area (Å²) < 4.78 is 11.1. The molecule has 0 N–H and O–H groups in total. The summed E-state index contributed by atoms with van der Waals surface area (Å²) >= 11 is 0. The second-order valence-corrected chi connectivity index (χ2v) is 4.98. The van der Waals surface area contributed by atoms with E-state index >= 15 is 0 Å². The van der Waals surface area contributed by atoms with E-state index in [0.29, 0.717) is 5.41 Å². The van der Waals surface area contributed by atoms with Crippen LogP contribution in [0.3, 0.4) is 0 Å². The molecule has 2 heteroatoms. The van der Waals surface area contributed by atoms with Gasteiger partial charge in [-0.15, -0.1) is 0 Å². The standard InChI is InChI=1S/C11H22O2/c1-11(2,3)7-9-13-10-6-4-5-8-12-10/h10H,4-9H2,1-3H3. The molecule has 0 saturated carbocycles. The van der Waals surface area contributed by atoms with Crippen LogP contribution in [0.2, 0.25) is 0 Å². The Labute approximate surface area is 81.6 Å². The summed E-state index contributed by atoms with van der Waals surface area (Å²) in [4.78, 5) is 0. The van der Waals surface area contributed by atoms with Crippen molar-refractivity contribution in [2.75, 3.05) is 13.2 Å². The first-order valence-electron chi connectivity index (χ1n) is 5.31. The molecule has 0 amide bonds. The van der Waals surface area contributed by atoms with Crippen molar-refractivity contribution < 1.29 is 9.47 Å². The average Bonchev–Trinajstić information content (AvgIpc) is 2.04. The lowest BCUT2D eigenvalue weighted by Crippen LogP contribution is -2.24. The van der Waals surface area contributed by atoms with Gasteiger partial charge in [-0.3, -0.25) is 0 Å². The molecule has 0 aromatic heterocycles. The normalized spacial score (nSPS) is 24.7. The Bertz CT molecular complexity index is 132. The molecule has 1 heterocycles. The van der Waals surface area contributed by atoms with Crippen molar-refractivity contribution in [3.05, 3.63) is 0 Å². The summed E-state index contributed by atoms with van der Waals surface area (Å²) in [5.41, 5.74) is 0.370. The third-order valence-corrected chi connectivity index (χ3v) is 2.29. The lowest BCUT2D eigenvalue weighted by Gasteiger charge is -2.25. The second-order valence-electron chi connectivity index (χ2n) is 4.98. The number of ether oxygens (including phenoxy) is 2. The minimum Gasteiger partial charge on any atom is -0.353 e. The van der Waals surface area contributed by atoms with E-state index in [2.05, 4.69) is 20.8 Å². The van der Waals surface area contributed by atoms with Crippen molar-refractivity contribution in [3.63, 3.8) is 0 Å². The van der Waals surface area contributed by atoms with Crippen LogP contribution >= 0.6 is 0 Å². The van der Waals surface area contributed by atoms with Crippen LogP contribution in [0.25, 0.3) is 0 Å². The molecule has 1 atom stereocenters. The van der Waals surface area contributed by atoms with Crippen LogP contribution in [-0.2, 0) is 9.47 Å². The second kappa shape index (κ2) is 4.97. The molecule has 0 aromatic carbocycles. The maximum Gasteiger partial charge on any atom is 0.157 e. The van der Waals surface area contributed by atoms with E-state index in [0.717, 1.165) is 26.1 Å². The van der Waals surface area contributed by atoms with Crippen molar-refractivity contribution in [2.45, 2.75) is 52.7 Å². The number of hydrogen-bond donors (Lipinski definition) is 0. The number of hydrogen-bond acceptors (Lipinski definition) is 2. The summed E-state index contributed by atoms with van der Waals surface area (Å²) in [6.45, 7) is 8.41. The van der Waals surface area contributed by atoms with Gasteiger partial charge in [0.25, 0.3) is 0 Å². The Morgan fingerprint density at radius 1 is 1.31 bits per heavy atom. The van der Waals surface area contributed by atoms with Crippen LogP contribution in [0.15, 0.2) is 0 Å². The molecule has 1 fully saturated rings. The van der Waals surface area contributed by atoms with Gasteiger partial charge in [-0.05, 0) is 31.1 Å². The summed E-state index contributed by atoms with van der Waals surface area (Å²) in [5.74, 6) is 0. The fourth-order valence-electron chi connectivity index (χ4n) is 1.34. The van der Waals surface area contributed by atoms with Gasteiger partial charge in [0.15, 0.2) is 6.29 Å². The van der Waals surface area contributed by atoms with E-state index in [1.807, 2.05) is 0 Å². The van der Waals surface area contributed by atoms with E-state index in [9.17, 15) is 0 Å². The fraction of sp³-hybridized carbons (Fsp3) is 1.00. The molecule has 1 aliphatic heterocycles. The van der Waals surface area contributed by atoms with Crippen LogP contribution in [0.4, 0.5) is 0 Å². The van der Waals surface area contributed by atoms with E-state index in [1.54, 1.807) is 0 Å². The van der Waals surface area contributed by atoms with Crippen LogP contribution in [0.1, 0.15) is 46.5 Å². The topological polar surface area (TPSA) is 18.5 Å². The van der Waals surface area contributed by atoms with Gasteiger partial charge in [-0.25, -0.2) is 0 Å². The molecule has 1 aliphatic rings. The van der Waals surface area contributed by atoms with E-state index < -0.39 is 0 Å². The molecule has 0 spiro atoms. The van der Waals surface area contributed by atoms with Crippen LogP contribution in [0.5, 0.6) is 0 Å². The Kier molecular flexibility index (Phi) is 4.20. The molecule has 1 saturated heterocycles. The van der Waals surface area contributed by atoms with E-state index in [-0.39, 0.29) is 6.29 Å². The highest BCUT2D eigenvalue weighted by atomic mass is 16.7. The van der Waals surface area contributed by atoms with Crippen molar-refractivity contribution in [1.29, 1.82) is 0 Å². The van der Waals surface area contributed by atoms with Crippen molar-refractivity contribution in [3.8, 4) is 0 Å². The molecule has 0 aliphatic carbocycles. The minimum atomic E-state index is 0.0797. The van der Waals surface area contributed by atoms with Crippen molar-refractivity contribution in [2.24, 2.45) is 5.41 Å². The van der Waals surface area contributed by atoms with Gasteiger partial charge < -0.3 is 9.47 Å². The largest absolute Gasteiger partial charge is 0.353 e. The Hall–Kier alpha value is -0.0800. The molecule has 0 radical (unpaired) electrons. The monoisotopic (exact) mass is 186 g/mol. The van der Waals surface area contributed by atoms with Gasteiger partial charge in [0.05, 0.1) is 6.61 Å². The lowest BCUT2D eigenvalue weighted by atomic mass is 9.93. The zero-order valence-electron chi connectivity index (χ0n) is 9.14. The maximum atomic E-state index is 5.64.